The summed E-state index contributed by atoms with van der Waals surface area (Å²) in [6.45, 7) is 8.07. The van der Waals surface area contributed by atoms with Crippen LogP contribution in [-0.4, -0.2) is 18.3 Å². The molecule has 150 valence electrons. The second-order valence-electron chi connectivity index (χ2n) is 5.74. The van der Waals surface area contributed by atoms with E-state index in [1.807, 2.05) is 0 Å². The molecule has 0 aliphatic heterocycles. The van der Waals surface area contributed by atoms with Gasteiger partial charge in [-0.2, -0.15) is 0 Å². The Hall–Kier alpha value is -3.75. The molecule has 0 saturated carbocycles. The highest BCUT2D eigenvalue weighted by molar-refractivity contribution is 6.09. The molecule has 29 heavy (non-hydrogen) atoms. The molecule has 0 N–H and O–H groups in total. The maximum absolute atomic E-state index is 13.0. The highest BCUT2D eigenvalue weighted by Crippen LogP contribution is 2.44. The Labute approximate surface area is 161 Å². The van der Waals surface area contributed by atoms with Crippen LogP contribution in [0.5, 0.6) is 17.2 Å². The third kappa shape index (κ3) is 3.93. The second kappa shape index (κ2) is 7.34. The number of furan rings is 1. The van der Waals surface area contributed by atoms with E-state index in [9.17, 15) is 22.8 Å². The molecule has 2 aromatic carbocycles. The van der Waals surface area contributed by atoms with Crippen LogP contribution in [0.3, 0.4) is 0 Å². The van der Waals surface area contributed by atoms with Crippen molar-refractivity contribution in [1.29, 1.82) is 0 Å². The summed E-state index contributed by atoms with van der Waals surface area (Å²) >= 11 is 0. The molecule has 9 heteroatoms. The number of alkyl halides is 3. The number of ether oxygens (including phenoxy) is 3. The maximum atomic E-state index is 13.0. The van der Waals surface area contributed by atoms with Crippen LogP contribution in [0.2, 0.25) is 0 Å². The van der Waals surface area contributed by atoms with E-state index in [0.717, 1.165) is 18.2 Å². The van der Waals surface area contributed by atoms with Crippen LogP contribution < -0.4 is 14.2 Å². The van der Waals surface area contributed by atoms with Crippen molar-refractivity contribution in [3.8, 4) is 17.2 Å². The molecule has 6 nitrogen and oxygen atoms in total. The molecule has 0 aliphatic carbocycles. The summed E-state index contributed by atoms with van der Waals surface area (Å²) in [6, 6.07) is 5.57. The minimum absolute atomic E-state index is 0.151. The molecule has 1 aromatic heterocycles. The normalized spacial score (nSPS) is 11.3. The summed E-state index contributed by atoms with van der Waals surface area (Å²) in [5.41, 5.74) is 0.257. The number of hydrogen-bond donors (Lipinski definition) is 0. The van der Waals surface area contributed by atoms with Crippen LogP contribution in [0, 0.1) is 6.92 Å². The van der Waals surface area contributed by atoms with E-state index >= 15 is 0 Å². The van der Waals surface area contributed by atoms with E-state index < -0.39 is 29.8 Å². The number of halogens is 3. The predicted octanol–water partition coefficient (Wildman–Crippen LogP) is 4.98. The van der Waals surface area contributed by atoms with Crippen molar-refractivity contribution < 1.29 is 41.4 Å². The highest BCUT2D eigenvalue weighted by atomic mass is 19.4. The zero-order chi connectivity index (χ0) is 21.3. The molecule has 0 unspecified atom stereocenters. The van der Waals surface area contributed by atoms with Gasteiger partial charge in [0.1, 0.15) is 11.3 Å². The van der Waals surface area contributed by atoms with Crippen LogP contribution >= 0.6 is 0 Å². The lowest BCUT2D eigenvalue weighted by molar-refractivity contribution is -0.274. The molecule has 0 aliphatic rings. The van der Waals surface area contributed by atoms with E-state index in [0.29, 0.717) is 10.9 Å². The van der Waals surface area contributed by atoms with Gasteiger partial charge < -0.3 is 18.6 Å². The maximum Gasteiger partial charge on any atom is 0.573 e. The lowest BCUT2D eigenvalue weighted by atomic mass is 10.1. The summed E-state index contributed by atoms with van der Waals surface area (Å²) in [5.74, 6) is -2.83. The average molecular weight is 406 g/mol. The molecule has 0 spiro atoms. The van der Waals surface area contributed by atoms with Gasteiger partial charge in [0.05, 0.1) is 0 Å². The number of rotatable bonds is 5. The first kappa shape index (κ1) is 20.0. The lowest BCUT2D eigenvalue weighted by Crippen LogP contribution is -2.18. The molecule has 0 radical (unpaired) electrons. The molecular weight excluding hydrogens is 393 g/mol. The molecule has 0 amide bonds. The van der Waals surface area contributed by atoms with Crippen molar-refractivity contribution >= 4 is 33.9 Å². The van der Waals surface area contributed by atoms with E-state index in [4.69, 9.17) is 13.9 Å². The van der Waals surface area contributed by atoms with Crippen LogP contribution in [0.4, 0.5) is 13.2 Å². The van der Waals surface area contributed by atoms with Gasteiger partial charge in [0, 0.05) is 28.5 Å². The summed E-state index contributed by atoms with van der Waals surface area (Å²) in [5, 5.41) is 0.729. The molecule has 0 saturated heterocycles. The van der Waals surface area contributed by atoms with E-state index in [2.05, 4.69) is 17.9 Å². The SMILES string of the molecule is C=CC(=O)Oc1ccc2c(oc3c(OC(F)(F)F)c(OC(=O)C=C)ccc32)c1C. The van der Waals surface area contributed by atoms with E-state index in [1.54, 1.807) is 6.92 Å². The van der Waals surface area contributed by atoms with E-state index in [1.165, 1.54) is 18.2 Å². The highest BCUT2D eigenvalue weighted by Gasteiger charge is 2.35. The van der Waals surface area contributed by atoms with Crippen LogP contribution in [-0.2, 0) is 9.59 Å². The average Bonchev–Trinajstić information content (AvgIpc) is 3.04. The van der Waals surface area contributed by atoms with Gasteiger partial charge in [-0.05, 0) is 31.2 Å². The first-order valence-electron chi connectivity index (χ1n) is 8.07. The number of hydrogen-bond acceptors (Lipinski definition) is 6. The fourth-order valence-electron chi connectivity index (χ4n) is 2.68. The number of carbonyl (C=O) groups excluding carboxylic acids is 2. The minimum atomic E-state index is -5.07. The number of aryl methyl sites for hydroxylation is 1. The molecule has 0 fully saturated rings. The van der Waals surface area contributed by atoms with Gasteiger partial charge in [0.2, 0.25) is 5.75 Å². The van der Waals surface area contributed by atoms with Crippen molar-refractivity contribution in [2.45, 2.75) is 13.3 Å². The first-order chi connectivity index (χ1) is 13.6. The van der Waals surface area contributed by atoms with Crippen molar-refractivity contribution in [3.63, 3.8) is 0 Å². The van der Waals surface area contributed by atoms with Crippen LogP contribution in [0.25, 0.3) is 21.9 Å². The second-order valence-corrected chi connectivity index (χ2v) is 5.74. The van der Waals surface area contributed by atoms with Crippen LogP contribution in [0.15, 0.2) is 54.0 Å². The molecular formula is C20H13F3O6. The van der Waals surface area contributed by atoms with Crippen molar-refractivity contribution in [1.82, 2.24) is 0 Å². The summed E-state index contributed by atoms with van der Waals surface area (Å²) < 4.78 is 58.5. The number of carbonyl (C=O) groups is 2. The van der Waals surface area contributed by atoms with Gasteiger partial charge in [0.25, 0.3) is 0 Å². The van der Waals surface area contributed by atoms with Gasteiger partial charge in [-0.1, -0.05) is 13.2 Å². The number of benzene rings is 2. The van der Waals surface area contributed by atoms with E-state index in [-0.39, 0.29) is 22.3 Å². The third-order valence-electron chi connectivity index (χ3n) is 3.90. The first-order valence-corrected chi connectivity index (χ1v) is 8.07. The Morgan fingerprint density at radius 3 is 2.00 bits per heavy atom. The van der Waals surface area contributed by atoms with Gasteiger partial charge >= 0.3 is 18.3 Å². The van der Waals surface area contributed by atoms with Gasteiger partial charge in [-0.25, -0.2) is 9.59 Å². The quantitative estimate of drug-likeness (QED) is 0.338. The fourth-order valence-corrected chi connectivity index (χ4v) is 2.68. The molecule has 1 heterocycles. The molecule has 0 bridgehead atoms. The summed E-state index contributed by atoms with van der Waals surface area (Å²) in [6.07, 6.45) is -3.30. The van der Waals surface area contributed by atoms with Gasteiger partial charge in [-0.15, -0.1) is 13.2 Å². The zero-order valence-electron chi connectivity index (χ0n) is 15.0. The van der Waals surface area contributed by atoms with Gasteiger partial charge in [-0.3, -0.25) is 0 Å². The summed E-state index contributed by atoms with van der Waals surface area (Å²) in [4.78, 5) is 22.9. The molecule has 3 rings (SSSR count). The third-order valence-corrected chi connectivity index (χ3v) is 3.90. The largest absolute Gasteiger partial charge is 0.573 e. The smallest absolute Gasteiger partial charge is 0.452 e. The topological polar surface area (TPSA) is 75.0 Å². The van der Waals surface area contributed by atoms with Crippen molar-refractivity contribution in [2.24, 2.45) is 0 Å². The Morgan fingerprint density at radius 2 is 1.45 bits per heavy atom. The predicted molar refractivity (Wildman–Crippen MR) is 96.8 cm³/mol. The number of fused-ring (bicyclic) bond motifs is 3. The van der Waals surface area contributed by atoms with Gasteiger partial charge in [0.15, 0.2) is 11.3 Å². The monoisotopic (exact) mass is 406 g/mol. The Morgan fingerprint density at radius 1 is 0.931 bits per heavy atom. The molecule has 0 atom stereocenters. The fraction of sp³-hybridized carbons (Fsp3) is 0.100. The van der Waals surface area contributed by atoms with Crippen LogP contribution in [0.1, 0.15) is 5.56 Å². The Balaban J connectivity index is 2.26. The molecule has 3 aromatic rings. The van der Waals surface area contributed by atoms with Crippen molar-refractivity contribution in [3.05, 3.63) is 55.1 Å². The standard InChI is InChI=1S/C20H13F3O6/c1-4-15(24)26-13-8-6-11-12-7-9-14(27-16(25)5-2)19(29-20(21,22)23)18(12)28-17(11)10(13)3/h4-9H,1-2H2,3H3. The zero-order valence-corrected chi connectivity index (χ0v) is 15.0. The number of esters is 2. The minimum Gasteiger partial charge on any atom is -0.452 e. The lowest BCUT2D eigenvalue weighted by Gasteiger charge is -2.12. The van der Waals surface area contributed by atoms with Crippen molar-refractivity contribution in [2.75, 3.05) is 0 Å². The summed E-state index contributed by atoms with van der Waals surface area (Å²) in [7, 11) is 0. The Bertz CT molecular complexity index is 1160. The Kier molecular flexibility index (Phi) is 5.06.